The van der Waals surface area contributed by atoms with Crippen molar-refractivity contribution in [2.45, 2.75) is 32.4 Å². The molecule has 0 aliphatic rings. The molecule has 26 heavy (non-hydrogen) atoms. The van der Waals surface area contributed by atoms with Crippen LogP contribution in [0, 0.1) is 0 Å². The lowest BCUT2D eigenvalue weighted by Gasteiger charge is -2.15. The van der Waals surface area contributed by atoms with Gasteiger partial charge in [-0.15, -0.1) is 11.3 Å². The summed E-state index contributed by atoms with van der Waals surface area (Å²) in [6.45, 7) is 2.10. The van der Waals surface area contributed by atoms with Gasteiger partial charge >= 0.3 is 5.97 Å². The summed E-state index contributed by atoms with van der Waals surface area (Å²) in [5.74, 6) is -0.542. The number of nitrogens with one attached hydrogen (secondary N) is 1. The van der Waals surface area contributed by atoms with E-state index >= 15 is 0 Å². The Morgan fingerprint density at radius 1 is 1.23 bits per heavy atom. The number of aryl methyl sites for hydroxylation is 1. The molecule has 0 radical (unpaired) electrons. The Balaban J connectivity index is 1.63. The first kappa shape index (κ1) is 18.2. The van der Waals surface area contributed by atoms with E-state index in [1.807, 2.05) is 36.6 Å². The van der Waals surface area contributed by atoms with E-state index in [4.69, 9.17) is 4.74 Å². The van der Waals surface area contributed by atoms with Crippen LogP contribution in [0.25, 0.3) is 10.2 Å². The molecule has 2 aromatic heterocycles. The zero-order valence-electron chi connectivity index (χ0n) is 14.9. The smallest absolute Gasteiger partial charge is 0.354 e. The third-order valence-electron chi connectivity index (χ3n) is 4.31. The summed E-state index contributed by atoms with van der Waals surface area (Å²) < 4.78 is 6.57. The number of methoxy groups -OCH3 is 1. The average molecular weight is 370 g/mol. The summed E-state index contributed by atoms with van der Waals surface area (Å²) in [4.78, 5) is 25.4. The van der Waals surface area contributed by atoms with Crippen molar-refractivity contribution in [3.63, 3.8) is 0 Å². The van der Waals surface area contributed by atoms with Gasteiger partial charge in [-0.1, -0.05) is 30.3 Å². The van der Waals surface area contributed by atoms with Gasteiger partial charge < -0.3 is 14.6 Å². The molecule has 6 heteroatoms. The van der Waals surface area contributed by atoms with Crippen LogP contribution in [0.3, 0.4) is 0 Å². The van der Waals surface area contributed by atoms with Crippen LogP contribution in [0.1, 0.15) is 29.4 Å². The molecule has 1 atom stereocenters. The molecule has 136 valence electrons. The summed E-state index contributed by atoms with van der Waals surface area (Å²) in [5, 5.41) is 5.91. The van der Waals surface area contributed by atoms with Gasteiger partial charge in [-0.25, -0.2) is 4.79 Å². The maximum atomic E-state index is 12.5. The molecule has 0 unspecified atom stereocenters. The minimum atomic E-state index is -0.432. The summed E-state index contributed by atoms with van der Waals surface area (Å²) >= 11 is 1.51. The second-order valence-electron chi connectivity index (χ2n) is 6.28. The Bertz CT molecular complexity index is 898. The van der Waals surface area contributed by atoms with Crippen molar-refractivity contribution in [1.82, 2.24) is 9.88 Å². The number of thiophene rings is 1. The highest BCUT2D eigenvalue weighted by Crippen LogP contribution is 2.25. The Kier molecular flexibility index (Phi) is 5.73. The zero-order valence-corrected chi connectivity index (χ0v) is 15.7. The van der Waals surface area contributed by atoms with Gasteiger partial charge in [0.25, 0.3) is 0 Å². The van der Waals surface area contributed by atoms with E-state index in [-0.39, 0.29) is 18.5 Å². The molecule has 0 fully saturated rings. The van der Waals surface area contributed by atoms with E-state index in [0.717, 1.165) is 23.1 Å². The average Bonchev–Trinajstić information content (AvgIpc) is 3.23. The molecular weight excluding hydrogens is 348 g/mol. The van der Waals surface area contributed by atoms with Crippen LogP contribution in [0.15, 0.2) is 47.8 Å². The lowest BCUT2D eigenvalue weighted by Crippen LogP contribution is -2.35. The van der Waals surface area contributed by atoms with Gasteiger partial charge in [-0.05, 0) is 42.8 Å². The maximum absolute atomic E-state index is 12.5. The summed E-state index contributed by atoms with van der Waals surface area (Å²) in [6, 6.07) is 14.0. The predicted octanol–water partition coefficient (Wildman–Crippen LogP) is 3.63. The van der Waals surface area contributed by atoms with Crippen molar-refractivity contribution in [2.24, 2.45) is 0 Å². The molecule has 2 heterocycles. The number of fused-ring (bicyclic) bond motifs is 1. The molecular formula is C20H22N2O3S. The largest absolute Gasteiger partial charge is 0.464 e. The molecule has 0 saturated heterocycles. The quantitative estimate of drug-likeness (QED) is 0.646. The highest BCUT2D eigenvalue weighted by atomic mass is 32.1. The van der Waals surface area contributed by atoms with Crippen LogP contribution in [-0.4, -0.2) is 29.6 Å². The van der Waals surface area contributed by atoms with Crippen molar-refractivity contribution < 1.29 is 14.3 Å². The van der Waals surface area contributed by atoms with Crippen molar-refractivity contribution in [2.75, 3.05) is 7.11 Å². The number of amides is 1. The van der Waals surface area contributed by atoms with E-state index in [2.05, 4.69) is 17.4 Å². The lowest BCUT2D eigenvalue weighted by atomic mass is 10.1. The van der Waals surface area contributed by atoms with Gasteiger partial charge in [0, 0.05) is 11.4 Å². The van der Waals surface area contributed by atoms with Crippen molar-refractivity contribution in [3.8, 4) is 0 Å². The number of rotatable bonds is 7. The zero-order chi connectivity index (χ0) is 18.5. The van der Waals surface area contributed by atoms with E-state index in [1.54, 1.807) is 10.6 Å². The second-order valence-corrected chi connectivity index (χ2v) is 7.18. The van der Waals surface area contributed by atoms with Gasteiger partial charge in [-0.2, -0.15) is 0 Å². The lowest BCUT2D eigenvalue weighted by molar-refractivity contribution is -0.122. The number of benzene rings is 1. The van der Waals surface area contributed by atoms with E-state index < -0.39 is 5.97 Å². The van der Waals surface area contributed by atoms with Gasteiger partial charge in [-0.3, -0.25) is 4.79 Å². The molecule has 0 aliphatic heterocycles. The highest BCUT2D eigenvalue weighted by Gasteiger charge is 2.19. The molecule has 5 nitrogen and oxygen atoms in total. The molecule has 0 spiro atoms. The number of hydrogen-bond donors (Lipinski definition) is 1. The topological polar surface area (TPSA) is 60.3 Å². The van der Waals surface area contributed by atoms with Gasteiger partial charge in [0.1, 0.15) is 17.1 Å². The summed E-state index contributed by atoms with van der Waals surface area (Å²) in [6.07, 6.45) is 1.77. The van der Waals surface area contributed by atoms with Gasteiger partial charge in [0.05, 0.1) is 7.11 Å². The fraction of sp³-hybridized carbons (Fsp3) is 0.300. The minimum absolute atomic E-state index is 0.0543. The molecule has 3 aromatic rings. The predicted molar refractivity (Wildman–Crippen MR) is 104 cm³/mol. The Morgan fingerprint density at radius 2 is 2.00 bits per heavy atom. The first-order valence-corrected chi connectivity index (χ1v) is 9.44. The van der Waals surface area contributed by atoms with Crippen LogP contribution in [-0.2, 0) is 22.5 Å². The number of hydrogen-bond acceptors (Lipinski definition) is 4. The highest BCUT2D eigenvalue weighted by molar-refractivity contribution is 7.16. The van der Waals surface area contributed by atoms with Gasteiger partial charge in [0.2, 0.25) is 5.91 Å². The van der Waals surface area contributed by atoms with Crippen LogP contribution in [0.5, 0.6) is 0 Å². The van der Waals surface area contributed by atoms with Crippen molar-refractivity contribution in [3.05, 3.63) is 59.1 Å². The monoisotopic (exact) mass is 370 g/mol. The molecule has 1 N–H and O–H groups in total. The molecule has 0 aliphatic carbocycles. The second kappa shape index (κ2) is 8.19. The molecule has 1 amide bonds. The van der Waals surface area contributed by atoms with Crippen molar-refractivity contribution in [1.29, 1.82) is 0 Å². The fourth-order valence-electron chi connectivity index (χ4n) is 2.97. The Morgan fingerprint density at radius 3 is 2.73 bits per heavy atom. The number of carbonyl (C=O) groups excluding carboxylic acids is 2. The van der Waals surface area contributed by atoms with Gasteiger partial charge in [0.15, 0.2) is 0 Å². The number of ether oxygens (including phenoxy) is 1. The fourth-order valence-corrected chi connectivity index (χ4v) is 3.87. The van der Waals surface area contributed by atoms with E-state index in [0.29, 0.717) is 5.69 Å². The SMILES string of the molecule is COC(=O)c1cc2ccsc2n1CC(=O)N[C@H](C)CCc1ccccc1. The first-order chi connectivity index (χ1) is 12.6. The van der Waals surface area contributed by atoms with Crippen LogP contribution in [0.2, 0.25) is 0 Å². The standard InChI is InChI=1S/C20H22N2O3S/c1-14(8-9-15-6-4-3-5-7-15)21-18(23)13-22-17(20(24)25-2)12-16-10-11-26-19(16)22/h3-7,10-12,14H,8-9,13H2,1-2H3,(H,21,23)/t14-/m1/s1. The molecule has 0 saturated carbocycles. The number of aromatic nitrogens is 1. The molecule has 1 aromatic carbocycles. The number of nitrogens with zero attached hydrogens (tertiary/aromatic N) is 1. The van der Waals surface area contributed by atoms with E-state index in [1.165, 1.54) is 24.0 Å². The Labute approximate surface area is 156 Å². The third-order valence-corrected chi connectivity index (χ3v) is 5.27. The molecule has 0 bridgehead atoms. The normalized spacial score (nSPS) is 12.1. The Hall–Kier alpha value is -2.60. The number of esters is 1. The summed E-state index contributed by atoms with van der Waals surface area (Å²) in [5.41, 5.74) is 1.66. The van der Waals surface area contributed by atoms with Crippen LogP contribution in [0.4, 0.5) is 0 Å². The third kappa shape index (κ3) is 4.14. The van der Waals surface area contributed by atoms with Crippen LogP contribution < -0.4 is 5.32 Å². The summed E-state index contributed by atoms with van der Waals surface area (Å²) in [7, 11) is 1.35. The maximum Gasteiger partial charge on any atom is 0.354 e. The van der Waals surface area contributed by atoms with Crippen LogP contribution >= 0.6 is 11.3 Å². The van der Waals surface area contributed by atoms with E-state index in [9.17, 15) is 9.59 Å². The molecule has 3 rings (SSSR count). The first-order valence-electron chi connectivity index (χ1n) is 8.57. The number of carbonyl (C=O) groups is 2. The van der Waals surface area contributed by atoms with Crippen molar-refractivity contribution >= 4 is 33.4 Å². The minimum Gasteiger partial charge on any atom is -0.464 e.